The molecule has 0 bridgehead atoms. The molecule has 0 saturated heterocycles. The summed E-state index contributed by atoms with van der Waals surface area (Å²) in [6.07, 6.45) is 8.06. The molecule has 1 fully saturated rings. The van der Waals surface area contributed by atoms with Gasteiger partial charge in [0.05, 0.1) is 14.2 Å². The molecule has 0 heterocycles. The molecule has 1 atom stereocenters. The number of hydrogen-bond donors (Lipinski definition) is 0. The van der Waals surface area contributed by atoms with Crippen LogP contribution in [-0.2, 0) is 14.9 Å². The molecule has 1 unspecified atom stereocenters. The Hall–Kier alpha value is -3.03. The second-order valence-electron chi connectivity index (χ2n) is 9.70. The number of ether oxygens (including phenoxy) is 2. The predicted octanol–water partition coefficient (Wildman–Crippen LogP) is 5.49. The first-order valence-electron chi connectivity index (χ1n) is 11.6. The van der Waals surface area contributed by atoms with Crippen LogP contribution in [0.15, 0.2) is 42.5 Å². The van der Waals surface area contributed by atoms with Crippen LogP contribution in [-0.4, -0.2) is 38.2 Å². The van der Waals surface area contributed by atoms with Gasteiger partial charge >= 0.3 is 5.97 Å². The van der Waals surface area contributed by atoms with Crippen LogP contribution in [0.5, 0.6) is 5.75 Å². The average Bonchev–Trinajstić information content (AvgIpc) is 3.67. The fourth-order valence-corrected chi connectivity index (χ4v) is 4.75. The summed E-state index contributed by atoms with van der Waals surface area (Å²) in [5, 5.41) is 0. The van der Waals surface area contributed by atoms with Crippen LogP contribution in [0, 0.1) is 11.8 Å². The maximum atomic E-state index is 11.3. The normalized spacial score (nSPS) is 19.0. The van der Waals surface area contributed by atoms with Gasteiger partial charge in [0.25, 0.3) is 0 Å². The molecular formula is C29H33NO3. The topological polar surface area (TPSA) is 38.8 Å². The fraction of sp³-hybridized carbons (Fsp3) is 0.414. The third-order valence-electron chi connectivity index (χ3n) is 6.96. The maximum Gasteiger partial charge on any atom is 0.330 e. The van der Waals surface area contributed by atoms with Crippen molar-refractivity contribution in [3.8, 4) is 17.6 Å². The van der Waals surface area contributed by atoms with Gasteiger partial charge in [0.15, 0.2) is 0 Å². The minimum absolute atomic E-state index is 0.0921. The van der Waals surface area contributed by atoms with E-state index in [0.29, 0.717) is 12.1 Å². The molecule has 0 spiro atoms. The Labute approximate surface area is 197 Å². The summed E-state index contributed by atoms with van der Waals surface area (Å²) in [6, 6.07) is 13.3. The number of nitrogens with zero attached hydrogens (tertiary/aromatic N) is 1. The lowest BCUT2D eigenvalue weighted by molar-refractivity contribution is -0.134. The van der Waals surface area contributed by atoms with Crippen molar-refractivity contribution in [2.24, 2.45) is 0 Å². The molecule has 0 radical (unpaired) electrons. The van der Waals surface area contributed by atoms with Crippen LogP contribution in [0.4, 0.5) is 0 Å². The van der Waals surface area contributed by atoms with Crippen LogP contribution < -0.4 is 4.74 Å². The molecular weight excluding hydrogens is 410 g/mol. The molecule has 0 aliphatic heterocycles. The maximum absolute atomic E-state index is 11.3. The van der Waals surface area contributed by atoms with Gasteiger partial charge in [-0.05, 0) is 79.6 Å². The van der Waals surface area contributed by atoms with E-state index in [9.17, 15) is 4.79 Å². The number of rotatable bonds is 5. The van der Waals surface area contributed by atoms with E-state index in [1.165, 1.54) is 37.2 Å². The van der Waals surface area contributed by atoms with E-state index < -0.39 is 0 Å². The summed E-state index contributed by atoms with van der Waals surface area (Å²) in [6.45, 7) is 4.66. The van der Waals surface area contributed by atoms with Gasteiger partial charge < -0.3 is 9.47 Å². The van der Waals surface area contributed by atoms with Gasteiger partial charge in [-0.25, -0.2) is 4.79 Å². The molecule has 0 N–H and O–H groups in total. The minimum Gasteiger partial charge on any atom is -0.496 e. The van der Waals surface area contributed by atoms with Gasteiger partial charge in [-0.15, -0.1) is 0 Å². The Balaban J connectivity index is 1.63. The predicted molar refractivity (Wildman–Crippen MR) is 132 cm³/mol. The van der Waals surface area contributed by atoms with Crippen molar-refractivity contribution >= 4 is 12.0 Å². The second kappa shape index (κ2) is 9.45. The first kappa shape index (κ1) is 23.1. The molecule has 2 aliphatic rings. The highest BCUT2D eigenvalue weighted by Gasteiger charge is 2.40. The summed E-state index contributed by atoms with van der Waals surface area (Å²) in [5.74, 6) is 7.21. The molecule has 2 aliphatic carbocycles. The van der Waals surface area contributed by atoms with Crippen molar-refractivity contribution in [3.63, 3.8) is 0 Å². The first-order chi connectivity index (χ1) is 15.8. The molecule has 2 aromatic carbocycles. The van der Waals surface area contributed by atoms with Gasteiger partial charge in [0.2, 0.25) is 0 Å². The summed E-state index contributed by atoms with van der Waals surface area (Å²) >= 11 is 0. The lowest BCUT2D eigenvalue weighted by Crippen LogP contribution is -2.35. The highest BCUT2D eigenvalue weighted by molar-refractivity contribution is 5.86. The van der Waals surface area contributed by atoms with E-state index in [-0.39, 0.29) is 11.4 Å². The van der Waals surface area contributed by atoms with Gasteiger partial charge in [0.1, 0.15) is 5.75 Å². The van der Waals surface area contributed by atoms with E-state index in [0.717, 1.165) is 35.3 Å². The Morgan fingerprint density at radius 2 is 1.76 bits per heavy atom. The van der Waals surface area contributed by atoms with Crippen molar-refractivity contribution < 1.29 is 14.3 Å². The molecule has 0 amide bonds. The number of esters is 1. The molecule has 4 rings (SSSR count). The number of benzene rings is 2. The number of hydrogen-bond acceptors (Lipinski definition) is 4. The smallest absolute Gasteiger partial charge is 0.330 e. The lowest BCUT2D eigenvalue weighted by Gasteiger charge is -2.41. The van der Waals surface area contributed by atoms with Crippen LogP contribution in [0.1, 0.15) is 73.4 Å². The molecule has 1 saturated carbocycles. The van der Waals surface area contributed by atoms with Crippen LogP contribution >= 0.6 is 0 Å². The van der Waals surface area contributed by atoms with Crippen molar-refractivity contribution in [3.05, 3.63) is 70.3 Å². The van der Waals surface area contributed by atoms with Crippen LogP contribution in [0.25, 0.3) is 6.08 Å². The summed E-state index contributed by atoms with van der Waals surface area (Å²) in [5.41, 5.74) is 5.62. The Morgan fingerprint density at radius 3 is 2.39 bits per heavy atom. The zero-order chi connectivity index (χ0) is 23.6. The monoisotopic (exact) mass is 443 g/mol. The van der Waals surface area contributed by atoms with Crippen molar-refractivity contribution in [2.45, 2.75) is 57.0 Å². The van der Waals surface area contributed by atoms with Crippen molar-refractivity contribution in [2.75, 3.05) is 21.3 Å². The van der Waals surface area contributed by atoms with E-state index >= 15 is 0 Å². The molecule has 4 nitrogen and oxygen atoms in total. The third-order valence-corrected chi connectivity index (χ3v) is 6.96. The van der Waals surface area contributed by atoms with E-state index in [1.807, 2.05) is 24.3 Å². The molecule has 4 heteroatoms. The Bertz CT molecular complexity index is 1110. The van der Waals surface area contributed by atoms with Crippen molar-refractivity contribution in [1.29, 1.82) is 0 Å². The highest BCUT2D eigenvalue weighted by Crippen LogP contribution is 2.49. The molecule has 2 aromatic rings. The number of methoxy groups -OCH3 is 2. The van der Waals surface area contributed by atoms with Crippen LogP contribution in [0.3, 0.4) is 0 Å². The van der Waals surface area contributed by atoms with Gasteiger partial charge in [-0.2, -0.15) is 0 Å². The zero-order valence-corrected chi connectivity index (χ0v) is 20.3. The largest absolute Gasteiger partial charge is 0.496 e. The molecule has 172 valence electrons. The van der Waals surface area contributed by atoms with E-state index in [1.54, 1.807) is 13.2 Å². The second-order valence-corrected chi connectivity index (χ2v) is 9.70. The minimum atomic E-state index is -0.367. The van der Waals surface area contributed by atoms with Crippen LogP contribution in [0.2, 0.25) is 0 Å². The quantitative estimate of drug-likeness (QED) is 0.348. The van der Waals surface area contributed by atoms with Crippen molar-refractivity contribution in [1.82, 2.24) is 4.90 Å². The zero-order valence-electron chi connectivity index (χ0n) is 20.3. The molecule has 33 heavy (non-hydrogen) atoms. The summed E-state index contributed by atoms with van der Waals surface area (Å²) in [4.78, 5) is 13.8. The number of fused-ring (bicyclic) bond motifs is 1. The highest BCUT2D eigenvalue weighted by atomic mass is 16.5. The summed E-state index contributed by atoms with van der Waals surface area (Å²) in [7, 11) is 5.40. The standard InChI is InChI=1S/C29H33NO3/c1-29(2)17-16-25(30(3)23-13-14-23)28-24(29)18-22(19-26(28)32-4)11-10-20-6-8-21(9-7-20)12-15-27(31)33-5/h6-9,12,15,18-19,23,25H,13-14,16-17H2,1-5H3. The average molecular weight is 444 g/mol. The lowest BCUT2D eigenvalue weighted by atomic mass is 9.70. The third kappa shape index (κ3) is 5.15. The van der Waals surface area contributed by atoms with E-state index in [4.69, 9.17) is 4.74 Å². The first-order valence-corrected chi connectivity index (χ1v) is 11.6. The fourth-order valence-electron chi connectivity index (χ4n) is 4.75. The molecule has 0 aromatic heterocycles. The SMILES string of the molecule is COC(=O)C=Cc1ccc(C#Cc2cc(OC)c3c(c2)C(C)(C)CCC3N(C)C2CC2)cc1. The Kier molecular flexibility index (Phi) is 6.63. The Morgan fingerprint density at radius 1 is 1.06 bits per heavy atom. The number of carbonyl (C=O) groups excluding carboxylic acids is 1. The van der Waals surface area contributed by atoms with Gasteiger partial charge in [-0.1, -0.05) is 37.8 Å². The van der Waals surface area contributed by atoms with Gasteiger partial charge in [-0.3, -0.25) is 4.90 Å². The van der Waals surface area contributed by atoms with E-state index in [2.05, 4.69) is 54.5 Å². The van der Waals surface area contributed by atoms with Gasteiger partial charge in [0, 0.05) is 34.9 Å². The summed E-state index contributed by atoms with van der Waals surface area (Å²) < 4.78 is 10.5. The number of carbonyl (C=O) groups is 1.